The molecule has 1 aromatic rings. The molecule has 0 aliphatic rings. The first-order valence-corrected chi connectivity index (χ1v) is 4.45. The number of nitrogens with zero attached hydrogens (tertiary/aromatic N) is 2. The Morgan fingerprint density at radius 3 is 3.08 bits per heavy atom. The molecular formula is C8H10ClN3O. The lowest BCUT2D eigenvalue weighted by Crippen LogP contribution is -2.23. The third kappa shape index (κ3) is 3.85. The molecular weight excluding hydrogens is 190 g/mol. The van der Waals surface area contributed by atoms with Crippen LogP contribution < -0.4 is 5.32 Å². The summed E-state index contributed by atoms with van der Waals surface area (Å²) in [6.07, 6.45) is 1.92. The van der Waals surface area contributed by atoms with Crippen molar-refractivity contribution in [3.63, 3.8) is 0 Å². The van der Waals surface area contributed by atoms with E-state index in [0.29, 0.717) is 18.8 Å². The molecule has 13 heavy (non-hydrogen) atoms. The maximum Gasteiger partial charge on any atom is 0.221 e. The van der Waals surface area contributed by atoms with Crippen molar-refractivity contribution in [2.45, 2.75) is 13.0 Å². The number of nitrogens with one attached hydrogen (secondary N) is 1. The maximum atomic E-state index is 11.0. The predicted octanol–water partition coefficient (Wildman–Crippen LogP) is 0.722. The fraction of sp³-hybridized carbons (Fsp3) is 0.375. The number of aromatic nitrogens is 2. The molecule has 1 amide bonds. The lowest BCUT2D eigenvalue weighted by Gasteiger charge is -2.01. The van der Waals surface area contributed by atoms with Gasteiger partial charge in [0.1, 0.15) is 0 Å². The Labute approximate surface area is 81.3 Å². The first-order valence-electron chi connectivity index (χ1n) is 3.92. The summed E-state index contributed by atoms with van der Waals surface area (Å²) in [4.78, 5) is 11.0. The van der Waals surface area contributed by atoms with E-state index in [1.807, 2.05) is 0 Å². The van der Waals surface area contributed by atoms with Crippen molar-refractivity contribution in [2.24, 2.45) is 0 Å². The van der Waals surface area contributed by atoms with Crippen LogP contribution in [0.15, 0.2) is 18.3 Å². The van der Waals surface area contributed by atoms with Crippen LogP contribution in [0, 0.1) is 0 Å². The second-order valence-corrected chi connectivity index (χ2v) is 2.81. The van der Waals surface area contributed by atoms with Crippen LogP contribution >= 0.6 is 11.6 Å². The van der Waals surface area contributed by atoms with Crippen LogP contribution in [-0.2, 0) is 11.3 Å². The molecule has 1 heterocycles. The van der Waals surface area contributed by atoms with Gasteiger partial charge in [-0.3, -0.25) is 4.79 Å². The molecule has 0 atom stereocenters. The third-order valence-corrected chi connectivity index (χ3v) is 1.60. The Morgan fingerprint density at radius 2 is 2.46 bits per heavy atom. The summed E-state index contributed by atoms with van der Waals surface area (Å²) in [5.74, 6) is 0.271. The summed E-state index contributed by atoms with van der Waals surface area (Å²) in [7, 11) is 0. The van der Waals surface area contributed by atoms with Gasteiger partial charge in [-0.15, -0.1) is 11.6 Å². The van der Waals surface area contributed by atoms with Gasteiger partial charge in [0, 0.05) is 18.5 Å². The number of carbonyl (C=O) groups excluding carboxylic acids is 1. The van der Waals surface area contributed by atoms with Gasteiger partial charge in [-0.25, -0.2) is 0 Å². The normalized spacial score (nSPS) is 9.62. The number of rotatable bonds is 4. The Balaban J connectivity index is 2.31. The van der Waals surface area contributed by atoms with Crippen molar-refractivity contribution in [3.8, 4) is 0 Å². The van der Waals surface area contributed by atoms with E-state index in [2.05, 4.69) is 15.5 Å². The van der Waals surface area contributed by atoms with E-state index in [9.17, 15) is 4.79 Å². The van der Waals surface area contributed by atoms with Gasteiger partial charge in [-0.2, -0.15) is 10.2 Å². The highest BCUT2D eigenvalue weighted by atomic mass is 35.5. The monoisotopic (exact) mass is 199 g/mol. The smallest absolute Gasteiger partial charge is 0.221 e. The third-order valence-electron chi connectivity index (χ3n) is 1.42. The fourth-order valence-electron chi connectivity index (χ4n) is 0.791. The minimum atomic E-state index is -0.0688. The van der Waals surface area contributed by atoms with Crippen molar-refractivity contribution in [3.05, 3.63) is 24.0 Å². The van der Waals surface area contributed by atoms with Crippen molar-refractivity contribution >= 4 is 17.5 Å². The molecule has 0 aliphatic carbocycles. The van der Waals surface area contributed by atoms with Crippen molar-refractivity contribution < 1.29 is 4.79 Å². The van der Waals surface area contributed by atoms with E-state index in [4.69, 9.17) is 11.6 Å². The summed E-state index contributed by atoms with van der Waals surface area (Å²) in [5.41, 5.74) is 0.741. The number of hydrogen-bond acceptors (Lipinski definition) is 3. The zero-order chi connectivity index (χ0) is 9.52. The van der Waals surface area contributed by atoms with Crippen molar-refractivity contribution in [2.75, 3.05) is 5.88 Å². The van der Waals surface area contributed by atoms with Crippen molar-refractivity contribution in [1.29, 1.82) is 0 Å². The van der Waals surface area contributed by atoms with E-state index in [-0.39, 0.29) is 5.91 Å². The van der Waals surface area contributed by atoms with E-state index in [1.165, 1.54) is 0 Å². The summed E-state index contributed by atoms with van der Waals surface area (Å²) < 4.78 is 0. The first kappa shape index (κ1) is 9.92. The van der Waals surface area contributed by atoms with Crippen molar-refractivity contribution in [1.82, 2.24) is 15.5 Å². The Kier molecular flexibility index (Phi) is 4.18. The van der Waals surface area contributed by atoms with E-state index in [0.717, 1.165) is 5.69 Å². The van der Waals surface area contributed by atoms with E-state index in [1.54, 1.807) is 18.3 Å². The number of carbonyl (C=O) groups is 1. The number of halogens is 1. The molecule has 0 aliphatic heterocycles. The second kappa shape index (κ2) is 5.48. The van der Waals surface area contributed by atoms with Gasteiger partial charge >= 0.3 is 0 Å². The van der Waals surface area contributed by atoms with Crippen LogP contribution in [0.2, 0.25) is 0 Å². The molecule has 0 aromatic carbocycles. The van der Waals surface area contributed by atoms with Gasteiger partial charge in [0.2, 0.25) is 5.91 Å². The summed E-state index contributed by atoms with van der Waals surface area (Å²) in [6.45, 7) is 0.406. The van der Waals surface area contributed by atoms with Crippen LogP contribution in [0.1, 0.15) is 12.1 Å². The van der Waals surface area contributed by atoms with Gasteiger partial charge in [-0.05, 0) is 12.1 Å². The highest BCUT2D eigenvalue weighted by Crippen LogP contribution is 1.91. The maximum absolute atomic E-state index is 11.0. The number of amides is 1. The molecule has 0 saturated carbocycles. The number of alkyl halides is 1. The minimum absolute atomic E-state index is 0.0688. The molecule has 0 fully saturated rings. The molecule has 0 bridgehead atoms. The SMILES string of the molecule is O=C(CCCl)NCc1cccnn1. The summed E-state index contributed by atoms with van der Waals surface area (Å²) in [5, 5.41) is 10.2. The average Bonchev–Trinajstić information content (AvgIpc) is 2.17. The van der Waals surface area contributed by atoms with Crippen LogP contribution in [0.3, 0.4) is 0 Å². The molecule has 70 valence electrons. The quantitative estimate of drug-likeness (QED) is 0.728. The van der Waals surface area contributed by atoms with Gasteiger partial charge in [0.15, 0.2) is 0 Å². The molecule has 1 N–H and O–H groups in total. The highest BCUT2D eigenvalue weighted by molar-refractivity contribution is 6.18. The van der Waals surface area contributed by atoms with Gasteiger partial charge in [0.05, 0.1) is 12.2 Å². The zero-order valence-electron chi connectivity index (χ0n) is 7.03. The summed E-state index contributed by atoms with van der Waals surface area (Å²) in [6, 6.07) is 3.57. The van der Waals surface area contributed by atoms with Crippen LogP contribution in [-0.4, -0.2) is 22.0 Å². The summed E-state index contributed by atoms with van der Waals surface area (Å²) >= 11 is 5.39. The molecule has 5 heteroatoms. The van der Waals surface area contributed by atoms with E-state index < -0.39 is 0 Å². The predicted molar refractivity (Wildman–Crippen MR) is 49.2 cm³/mol. The second-order valence-electron chi connectivity index (χ2n) is 2.43. The number of hydrogen-bond donors (Lipinski definition) is 1. The minimum Gasteiger partial charge on any atom is -0.350 e. The molecule has 0 radical (unpaired) electrons. The van der Waals surface area contributed by atoms with E-state index >= 15 is 0 Å². The Hall–Kier alpha value is -1.16. The zero-order valence-corrected chi connectivity index (χ0v) is 7.79. The standard InChI is InChI=1S/C8H10ClN3O/c9-4-3-8(13)10-6-7-2-1-5-11-12-7/h1-2,5H,3-4,6H2,(H,10,13). The van der Waals surface area contributed by atoms with Crippen LogP contribution in [0.5, 0.6) is 0 Å². The first-order chi connectivity index (χ1) is 6.33. The fourth-order valence-corrected chi connectivity index (χ4v) is 0.963. The Bertz CT molecular complexity index is 265. The molecule has 1 aromatic heterocycles. The van der Waals surface area contributed by atoms with Crippen LogP contribution in [0.25, 0.3) is 0 Å². The molecule has 0 spiro atoms. The largest absolute Gasteiger partial charge is 0.350 e. The topological polar surface area (TPSA) is 54.9 Å². The van der Waals surface area contributed by atoms with Crippen LogP contribution in [0.4, 0.5) is 0 Å². The van der Waals surface area contributed by atoms with Gasteiger partial charge in [0.25, 0.3) is 0 Å². The Morgan fingerprint density at radius 1 is 1.62 bits per heavy atom. The lowest BCUT2D eigenvalue weighted by atomic mass is 10.3. The molecule has 1 rings (SSSR count). The van der Waals surface area contributed by atoms with Gasteiger partial charge < -0.3 is 5.32 Å². The lowest BCUT2D eigenvalue weighted by molar-refractivity contribution is -0.120. The average molecular weight is 200 g/mol. The molecule has 4 nitrogen and oxygen atoms in total. The van der Waals surface area contributed by atoms with Gasteiger partial charge in [-0.1, -0.05) is 0 Å². The molecule has 0 saturated heterocycles. The highest BCUT2D eigenvalue weighted by Gasteiger charge is 1.99. The molecule has 0 unspecified atom stereocenters.